The van der Waals surface area contributed by atoms with Crippen molar-refractivity contribution in [2.24, 2.45) is 5.92 Å². The minimum Gasteiger partial charge on any atom is -0.469 e. The predicted molar refractivity (Wildman–Crippen MR) is 84.9 cm³/mol. The molecule has 4 heterocycles. The first-order chi connectivity index (χ1) is 10.7. The first-order valence-corrected chi connectivity index (χ1v) is 8.24. The number of nitrogens with zero attached hydrogens (tertiary/aromatic N) is 4. The molecule has 2 fully saturated rings. The number of ether oxygens (including phenoxy) is 1. The summed E-state index contributed by atoms with van der Waals surface area (Å²) in [4.78, 5) is 27.2. The smallest absolute Gasteiger partial charge is 0.310 e. The maximum atomic E-state index is 12.0. The van der Waals surface area contributed by atoms with Crippen LogP contribution in [0, 0.1) is 5.92 Å². The number of aromatic nitrogens is 3. The monoisotopic (exact) mass is 316 g/mol. The second-order valence-electron chi connectivity index (χ2n) is 5.70. The summed E-state index contributed by atoms with van der Waals surface area (Å²) in [5, 5.41) is 0. The lowest BCUT2D eigenvalue weighted by atomic mass is 9.83. The summed E-state index contributed by atoms with van der Waals surface area (Å²) < 4.78 is 4.94. The maximum absolute atomic E-state index is 12.0. The summed E-state index contributed by atoms with van der Waals surface area (Å²) in [6.07, 6.45) is 4.23. The third-order valence-corrected chi connectivity index (χ3v) is 6.07. The summed E-state index contributed by atoms with van der Waals surface area (Å²) in [6.45, 7) is 1.61. The van der Waals surface area contributed by atoms with Crippen molar-refractivity contribution in [2.45, 2.75) is 11.2 Å². The molecule has 0 N–H and O–H groups in total. The van der Waals surface area contributed by atoms with E-state index in [2.05, 4.69) is 19.9 Å². The molecule has 6 nitrogen and oxygen atoms in total. The summed E-state index contributed by atoms with van der Waals surface area (Å²) in [5.41, 5.74) is 1.66. The number of hydrogen-bond acceptors (Lipinski definition) is 7. The molecule has 0 amide bonds. The van der Waals surface area contributed by atoms with Crippen molar-refractivity contribution < 1.29 is 9.53 Å². The Hall–Kier alpha value is -1.89. The van der Waals surface area contributed by atoms with E-state index in [1.165, 1.54) is 7.11 Å². The molecular formula is C15H16N4O2S. The predicted octanol–water partition coefficient (Wildman–Crippen LogP) is 1.51. The fourth-order valence-corrected chi connectivity index (χ4v) is 5.06. The summed E-state index contributed by atoms with van der Waals surface area (Å²) >= 11 is 1.88. The third kappa shape index (κ3) is 1.95. The Balaban J connectivity index is 1.61. The molecule has 0 bridgehead atoms. The van der Waals surface area contributed by atoms with Crippen molar-refractivity contribution in [1.82, 2.24) is 15.0 Å². The van der Waals surface area contributed by atoms with Crippen LogP contribution in [0.1, 0.15) is 6.42 Å². The molecule has 0 radical (unpaired) electrons. The number of esters is 1. The zero-order valence-corrected chi connectivity index (χ0v) is 13.0. The average molecular weight is 316 g/mol. The van der Waals surface area contributed by atoms with Crippen LogP contribution < -0.4 is 4.90 Å². The van der Waals surface area contributed by atoms with Gasteiger partial charge < -0.3 is 9.64 Å². The first kappa shape index (κ1) is 13.8. The van der Waals surface area contributed by atoms with Crippen molar-refractivity contribution in [3.8, 4) is 0 Å². The van der Waals surface area contributed by atoms with Crippen LogP contribution in [0.4, 0.5) is 5.82 Å². The van der Waals surface area contributed by atoms with E-state index >= 15 is 0 Å². The number of pyridine rings is 1. The number of anilines is 1. The minimum atomic E-state index is -0.0877. The van der Waals surface area contributed by atoms with E-state index in [0.29, 0.717) is 0 Å². The fraction of sp³-hybridized carbons (Fsp3) is 0.467. The lowest BCUT2D eigenvalue weighted by molar-refractivity contribution is -0.146. The highest BCUT2D eigenvalue weighted by Gasteiger charge is 2.56. The van der Waals surface area contributed by atoms with E-state index in [1.54, 1.807) is 12.5 Å². The molecule has 22 heavy (non-hydrogen) atoms. The molecular weight excluding hydrogens is 300 g/mol. The van der Waals surface area contributed by atoms with Gasteiger partial charge in [0.15, 0.2) is 5.82 Å². The van der Waals surface area contributed by atoms with Gasteiger partial charge in [-0.3, -0.25) is 9.78 Å². The Labute approximate surface area is 132 Å². The number of carbonyl (C=O) groups is 1. The van der Waals surface area contributed by atoms with E-state index in [-0.39, 0.29) is 16.6 Å². The van der Waals surface area contributed by atoms with E-state index in [9.17, 15) is 4.79 Å². The van der Waals surface area contributed by atoms with Gasteiger partial charge in [-0.15, -0.1) is 0 Å². The standard InChI is InChI=1S/C15H16N4O2S/c1-21-14(20)10-4-6-22-15(10)7-19(8-15)13-12-11(17-9-18-13)3-2-5-16-12/h2-3,5,9-10H,4,6-8H2,1H3. The van der Waals surface area contributed by atoms with Gasteiger partial charge in [0, 0.05) is 19.3 Å². The van der Waals surface area contributed by atoms with Crippen LogP contribution in [-0.4, -0.2) is 51.6 Å². The van der Waals surface area contributed by atoms with Gasteiger partial charge in [-0.25, -0.2) is 9.97 Å². The van der Waals surface area contributed by atoms with Crippen molar-refractivity contribution >= 4 is 34.6 Å². The summed E-state index contributed by atoms with van der Waals surface area (Å²) in [5.74, 6) is 1.76. The highest BCUT2D eigenvalue weighted by molar-refractivity contribution is 8.01. The molecule has 7 heteroatoms. The third-order valence-electron chi connectivity index (χ3n) is 4.51. The highest BCUT2D eigenvalue weighted by Crippen LogP contribution is 2.50. The van der Waals surface area contributed by atoms with Crippen LogP contribution in [0.5, 0.6) is 0 Å². The van der Waals surface area contributed by atoms with Gasteiger partial charge in [0.25, 0.3) is 0 Å². The molecule has 1 unspecified atom stereocenters. The van der Waals surface area contributed by atoms with Gasteiger partial charge in [-0.1, -0.05) is 0 Å². The number of fused-ring (bicyclic) bond motifs is 1. The van der Waals surface area contributed by atoms with Crippen molar-refractivity contribution in [2.75, 3.05) is 30.9 Å². The molecule has 1 spiro atoms. The van der Waals surface area contributed by atoms with Crippen molar-refractivity contribution in [3.05, 3.63) is 24.7 Å². The molecule has 2 saturated heterocycles. The van der Waals surface area contributed by atoms with Crippen LogP contribution in [0.15, 0.2) is 24.7 Å². The molecule has 2 aromatic heterocycles. The first-order valence-electron chi connectivity index (χ1n) is 7.26. The topological polar surface area (TPSA) is 68.2 Å². The Morgan fingerprint density at radius 2 is 2.27 bits per heavy atom. The number of thioether (sulfide) groups is 1. The van der Waals surface area contributed by atoms with Gasteiger partial charge in [0.05, 0.1) is 23.3 Å². The van der Waals surface area contributed by atoms with E-state index in [1.807, 2.05) is 23.9 Å². The fourth-order valence-electron chi connectivity index (χ4n) is 3.39. The number of hydrogen-bond donors (Lipinski definition) is 0. The number of carbonyl (C=O) groups excluding carboxylic acids is 1. The second kappa shape index (κ2) is 5.08. The summed E-state index contributed by atoms with van der Waals surface area (Å²) in [6, 6.07) is 3.81. The molecule has 2 aliphatic rings. The Morgan fingerprint density at radius 3 is 3.09 bits per heavy atom. The lowest BCUT2D eigenvalue weighted by Gasteiger charge is -2.50. The van der Waals surface area contributed by atoms with Gasteiger partial charge in [-0.05, 0) is 24.3 Å². The highest BCUT2D eigenvalue weighted by atomic mass is 32.2. The number of methoxy groups -OCH3 is 1. The summed E-state index contributed by atoms with van der Waals surface area (Å²) in [7, 11) is 1.47. The van der Waals surface area contributed by atoms with Crippen LogP contribution in [0.3, 0.4) is 0 Å². The SMILES string of the molecule is COC(=O)C1CCSC12CN(c1ncnc3cccnc13)C2. The van der Waals surface area contributed by atoms with Crippen LogP contribution >= 0.6 is 11.8 Å². The normalized spacial score (nSPS) is 22.8. The molecule has 0 aromatic carbocycles. The van der Waals surface area contributed by atoms with E-state index < -0.39 is 0 Å². The van der Waals surface area contributed by atoms with Crippen LogP contribution in [0.2, 0.25) is 0 Å². The van der Waals surface area contributed by atoms with Crippen LogP contribution in [-0.2, 0) is 9.53 Å². The molecule has 2 aromatic rings. The largest absolute Gasteiger partial charge is 0.469 e. The van der Waals surface area contributed by atoms with Crippen molar-refractivity contribution in [3.63, 3.8) is 0 Å². The average Bonchev–Trinajstić information content (AvgIpc) is 2.97. The molecule has 114 valence electrons. The molecule has 0 saturated carbocycles. The number of rotatable bonds is 2. The van der Waals surface area contributed by atoms with Gasteiger partial charge in [0.1, 0.15) is 11.8 Å². The van der Waals surface area contributed by atoms with Gasteiger partial charge in [-0.2, -0.15) is 11.8 Å². The molecule has 2 aliphatic heterocycles. The quantitative estimate of drug-likeness (QED) is 0.778. The molecule has 4 rings (SSSR count). The molecule has 1 atom stereocenters. The van der Waals surface area contributed by atoms with Crippen molar-refractivity contribution in [1.29, 1.82) is 0 Å². The zero-order chi connectivity index (χ0) is 15.2. The minimum absolute atomic E-state index is 0.0141. The molecule has 0 aliphatic carbocycles. The van der Waals surface area contributed by atoms with E-state index in [0.717, 1.165) is 42.1 Å². The maximum Gasteiger partial charge on any atom is 0.310 e. The van der Waals surface area contributed by atoms with E-state index in [4.69, 9.17) is 4.74 Å². The lowest BCUT2D eigenvalue weighted by Crippen LogP contribution is -2.63. The Morgan fingerprint density at radius 1 is 1.41 bits per heavy atom. The Bertz CT molecular complexity index is 727. The zero-order valence-electron chi connectivity index (χ0n) is 12.2. The van der Waals surface area contributed by atoms with Gasteiger partial charge in [0.2, 0.25) is 0 Å². The Kier molecular flexibility index (Phi) is 3.18. The van der Waals surface area contributed by atoms with Gasteiger partial charge >= 0.3 is 5.97 Å². The van der Waals surface area contributed by atoms with Crippen LogP contribution in [0.25, 0.3) is 11.0 Å². The second-order valence-corrected chi connectivity index (χ2v) is 7.21.